The Labute approximate surface area is 181 Å². The van der Waals surface area contributed by atoms with Crippen molar-refractivity contribution < 1.29 is 14.3 Å². The fourth-order valence-electron chi connectivity index (χ4n) is 3.80. The van der Waals surface area contributed by atoms with E-state index in [2.05, 4.69) is 20.0 Å². The summed E-state index contributed by atoms with van der Waals surface area (Å²) in [5, 5.41) is 7.19. The zero-order valence-electron chi connectivity index (χ0n) is 18.0. The van der Waals surface area contributed by atoms with Crippen LogP contribution in [0.25, 0.3) is 11.0 Å². The number of carbonyl (C=O) groups is 2. The van der Waals surface area contributed by atoms with Crippen LogP contribution in [0.1, 0.15) is 29.7 Å². The van der Waals surface area contributed by atoms with Gasteiger partial charge in [0.15, 0.2) is 6.10 Å². The Morgan fingerprint density at radius 3 is 2.87 bits per heavy atom. The first kappa shape index (κ1) is 21.0. The highest BCUT2D eigenvalue weighted by Crippen LogP contribution is 2.15. The standard InChI is InChI=1S/C22H28N6O3/c1-3-28-12-10-17(25-28)22(30)27-13-14-31-19(15-27)21(29)23-11-6-9-20-24-16-7-4-5-8-18(16)26(20)2/h4-5,7-8,10,12,19H,3,6,9,11,13-15H2,1-2H3,(H,23,29). The van der Waals surface area contributed by atoms with Crippen LogP contribution < -0.4 is 5.32 Å². The topological polar surface area (TPSA) is 94.3 Å². The Bertz CT molecular complexity index is 1070. The molecule has 0 radical (unpaired) electrons. The number of amides is 2. The van der Waals surface area contributed by atoms with Gasteiger partial charge in [-0.15, -0.1) is 0 Å². The molecule has 1 aliphatic rings. The van der Waals surface area contributed by atoms with Crippen molar-refractivity contribution in [3.8, 4) is 0 Å². The van der Waals surface area contributed by atoms with Crippen molar-refractivity contribution in [3.63, 3.8) is 0 Å². The van der Waals surface area contributed by atoms with Crippen molar-refractivity contribution in [2.45, 2.75) is 32.4 Å². The highest BCUT2D eigenvalue weighted by molar-refractivity contribution is 5.93. The summed E-state index contributed by atoms with van der Waals surface area (Å²) < 4.78 is 9.41. The third kappa shape index (κ3) is 4.61. The summed E-state index contributed by atoms with van der Waals surface area (Å²) in [5.74, 6) is 0.629. The molecule has 0 bridgehead atoms. The number of nitrogens with one attached hydrogen (secondary N) is 1. The molecule has 31 heavy (non-hydrogen) atoms. The summed E-state index contributed by atoms with van der Waals surface area (Å²) in [7, 11) is 2.01. The van der Waals surface area contributed by atoms with Gasteiger partial charge in [-0.05, 0) is 31.5 Å². The van der Waals surface area contributed by atoms with Crippen molar-refractivity contribution in [3.05, 3.63) is 48.0 Å². The number of aryl methyl sites for hydroxylation is 3. The number of imidazole rings is 1. The SMILES string of the molecule is CCn1ccc(C(=O)N2CCOC(C(=O)NCCCc3nc4ccccc4n3C)C2)n1. The number of hydrogen-bond donors (Lipinski definition) is 1. The number of aromatic nitrogens is 4. The average Bonchev–Trinajstić information content (AvgIpc) is 3.41. The third-order valence-electron chi connectivity index (χ3n) is 5.59. The minimum Gasteiger partial charge on any atom is -0.365 e. The average molecular weight is 425 g/mol. The quantitative estimate of drug-likeness (QED) is 0.579. The predicted octanol–water partition coefficient (Wildman–Crippen LogP) is 1.38. The van der Waals surface area contributed by atoms with E-state index >= 15 is 0 Å². The van der Waals surface area contributed by atoms with E-state index in [4.69, 9.17) is 4.74 Å². The number of rotatable bonds is 7. The van der Waals surface area contributed by atoms with Crippen LogP contribution in [0, 0.1) is 0 Å². The van der Waals surface area contributed by atoms with Gasteiger partial charge in [-0.25, -0.2) is 4.98 Å². The number of ether oxygens (including phenoxy) is 1. The number of hydrogen-bond acceptors (Lipinski definition) is 5. The molecule has 3 heterocycles. The van der Waals surface area contributed by atoms with Crippen LogP contribution in [0.5, 0.6) is 0 Å². The first-order valence-corrected chi connectivity index (χ1v) is 10.7. The lowest BCUT2D eigenvalue weighted by Crippen LogP contribution is -2.51. The van der Waals surface area contributed by atoms with Crippen LogP contribution in [0.3, 0.4) is 0 Å². The smallest absolute Gasteiger partial charge is 0.274 e. The van der Waals surface area contributed by atoms with Gasteiger partial charge in [-0.2, -0.15) is 5.10 Å². The summed E-state index contributed by atoms with van der Waals surface area (Å²) in [6.45, 7) is 4.21. The Balaban J connectivity index is 1.26. The van der Waals surface area contributed by atoms with E-state index in [0.29, 0.717) is 31.9 Å². The van der Waals surface area contributed by atoms with Gasteiger partial charge >= 0.3 is 0 Å². The normalized spacial score (nSPS) is 16.6. The lowest BCUT2D eigenvalue weighted by atomic mass is 10.2. The molecule has 1 aliphatic heterocycles. The highest BCUT2D eigenvalue weighted by atomic mass is 16.5. The number of carbonyl (C=O) groups excluding carboxylic acids is 2. The summed E-state index contributed by atoms with van der Waals surface area (Å²) in [6.07, 6.45) is 2.65. The Kier molecular flexibility index (Phi) is 6.31. The van der Waals surface area contributed by atoms with Crippen LogP contribution >= 0.6 is 0 Å². The van der Waals surface area contributed by atoms with E-state index in [0.717, 1.165) is 29.7 Å². The van der Waals surface area contributed by atoms with Gasteiger partial charge in [0.2, 0.25) is 0 Å². The molecule has 1 unspecified atom stereocenters. The summed E-state index contributed by atoms with van der Waals surface area (Å²) in [6, 6.07) is 9.74. The molecular weight excluding hydrogens is 396 g/mol. The lowest BCUT2D eigenvalue weighted by Gasteiger charge is -2.31. The molecule has 9 heteroatoms. The van der Waals surface area contributed by atoms with Gasteiger partial charge in [0.1, 0.15) is 11.5 Å². The van der Waals surface area contributed by atoms with Crippen molar-refractivity contribution in [1.82, 2.24) is 29.5 Å². The van der Waals surface area contributed by atoms with E-state index < -0.39 is 6.10 Å². The number of para-hydroxylation sites is 2. The number of fused-ring (bicyclic) bond motifs is 1. The van der Waals surface area contributed by atoms with Crippen LogP contribution in [0.4, 0.5) is 0 Å². The van der Waals surface area contributed by atoms with E-state index in [9.17, 15) is 9.59 Å². The lowest BCUT2D eigenvalue weighted by molar-refractivity contribution is -0.137. The molecule has 2 amide bonds. The molecule has 1 atom stereocenters. The fraction of sp³-hybridized carbons (Fsp3) is 0.455. The van der Waals surface area contributed by atoms with E-state index in [-0.39, 0.29) is 18.4 Å². The Hall–Kier alpha value is -3.20. The van der Waals surface area contributed by atoms with Crippen molar-refractivity contribution in [2.24, 2.45) is 7.05 Å². The van der Waals surface area contributed by atoms with Crippen LogP contribution in [0.2, 0.25) is 0 Å². The molecular formula is C22H28N6O3. The van der Waals surface area contributed by atoms with Crippen molar-refractivity contribution in [2.75, 3.05) is 26.2 Å². The molecule has 0 aliphatic carbocycles. The molecule has 4 rings (SSSR count). The first-order chi connectivity index (χ1) is 15.1. The van der Waals surface area contributed by atoms with Gasteiger partial charge < -0.3 is 19.5 Å². The van der Waals surface area contributed by atoms with Crippen molar-refractivity contribution >= 4 is 22.8 Å². The molecule has 3 aromatic rings. The Morgan fingerprint density at radius 2 is 2.10 bits per heavy atom. The zero-order valence-corrected chi connectivity index (χ0v) is 18.0. The minimum atomic E-state index is -0.665. The first-order valence-electron chi connectivity index (χ1n) is 10.7. The van der Waals surface area contributed by atoms with Gasteiger partial charge in [-0.1, -0.05) is 12.1 Å². The second-order valence-electron chi connectivity index (χ2n) is 7.64. The van der Waals surface area contributed by atoms with E-state index in [1.807, 2.05) is 38.2 Å². The molecule has 2 aromatic heterocycles. The molecule has 9 nitrogen and oxygen atoms in total. The second-order valence-corrected chi connectivity index (χ2v) is 7.64. The highest BCUT2D eigenvalue weighted by Gasteiger charge is 2.30. The van der Waals surface area contributed by atoms with Crippen molar-refractivity contribution in [1.29, 1.82) is 0 Å². The molecule has 1 N–H and O–H groups in total. The molecule has 1 saturated heterocycles. The predicted molar refractivity (Wildman–Crippen MR) is 116 cm³/mol. The van der Waals surface area contributed by atoms with E-state index in [1.54, 1.807) is 21.8 Å². The summed E-state index contributed by atoms with van der Waals surface area (Å²) in [5.41, 5.74) is 2.48. The second kappa shape index (κ2) is 9.30. The summed E-state index contributed by atoms with van der Waals surface area (Å²) >= 11 is 0. The van der Waals surface area contributed by atoms with Crippen LogP contribution in [-0.4, -0.2) is 68.4 Å². The molecule has 1 aromatic carbocycles. The third-order valence-corrected chi connectivity index (χ3v) is 5.59. The zero-order chi connectivity index (χ0) is 21.8. The maximum absolute atomic E-state index is 12.7. The van der Waals surface area contributed by atoms with Gasteiger partial charge in [-0.3, -0.25) is 14.3 Å². The molecule has 0 saturated carbocycles. The minimum absolute atomic E-state index is 0.171. The monoisotopic (exact) mass is 424 g/mol. The molecule has 164 valence electrons. The van der Waals surface area contributed by atoms with Gasteiger partial charge in [0.25, 0.3) is 11.8 Å². The number of nitrogens with zero attached hydrogens (tertiary/aromatic N) is 5. The van der Waals surface area contributed by atoms with E-state index in [1.165, 1.54) is 0 Å². The maximum Gasteiger partial charge on any atom is 0.274 e. The largest absolute Gasteiger partial charge is 0.365 e. The molecule has 0 spiro atoms. The number of benzene rings is 1. The van der Waals surface area contributed by atoms with Gasteiger partial charge in [0.05, 0.1) is 24.2 Å². The van der Waals surface area contributed by atoms with Crippen LogP contribution in [0.15, 0.2) is 36.5 Å². The Morgan fingerprint density at radius 1 is 1.26 bits per heavy atom. The van der Waals surface area contributed by atoms with Gasteiger partial charge in [0, 0.05) is 39.3 Å². The fourth-order valence-corrected chi connectivity index (χ4v) is 3.80. The summed E-state index contributed by atoms with van der Waals surface area (Å²) in [4.78, 5) is 31.5. The van der Waals surface area contributed by atoms with Crippen LogP contribution in [-0.2, 0) is 29.5 Å². The molecule has 1 fully saturated rings. The maximum atomic E-state index is 12.7. The number of morpholine rings is 1.